The number of fused-ring (bicyclic) bond motifs is 1. The van der Waals surface area contributed by atoms with E-state index in [1.165, 1.54) is 18.2 Å². The van der Waals surface area contributed by atoms with E-state index in [0.717, 1.165) is 6.21 Å². The second kappa shape index (κ2) is 5.61. The van der Waals surface area contributed by atoms with Gasteiger partial charge in [0.25, 0.3) is 0 Å². The van der Waals surface area contributed by atoms with Gasteiger partial charge in [-0.25, -0.2) is 4.39 Å². The number of hydrogen-bond donors (Lipinski definition) is 2. The smallest absolute Gasteiger partial charge is 0.230 e. The maximum absolute atomic E-state index is 13.5. The van der Waals surface area contributed by atoms with Crippen molar-refractivity contribution in [1.29, 1.82) is 5.41 Å². The number of benzene rings is 2. The van der Waals surface area contributed by atoms with E-state index in [4.69, 9.17) is 21.7 Å². The minimum atomic E-state index is -0.472. The van der Waals surface area contributed by atoms with Gasteiger partial charge in [0.2, 0.25) is 11.8 Å². The standard InChI is InChI=1S/C16H10ClFN2O2/c17-13-3-1-2-4-14(13)22-16-11-7-9(18)5-6-10(11)12(8-19)15(21)20-16/h1-8,19H,(H,20,21). The molecule has 6 heteroatoms. The number of pyridine rings is 1. The van der Waals surface area contributed by atoms with Gasteiger partial charge in [-0.1, -0.05) is 29.8 Å². The number of halogens is 2. The lowest BCUT2D eigenvalue weighted by atomic mass is 10.1. The molecule has 0 atom stereocenters. The van der Waals surface area contributed by atoms with Gasteiger partial charge in [0.1, 0.15) is 11.6 Å². The highest BCUT2D eigenvalue weighted by Crippen LogP contribution is 2.36. The van der Waals surface area contributed by atoms with Crippen molar-refractivity contribution in [2.24, 2.45) is 0 Å². The molecule has 1 heterocycles. The fourth-order valence-electron chi connectivity index (χ4n) is 2.12. The molecule has 0 amide bonds. The van der Waals surface area contributed by atoms with Crippen LogP contribution in [0.1, 0.15) is 5.56 Å². The summed E-state index contributed by atoms with van der Waals surface area (Å²) in [6, 6.07) is 10.7. The molecule has 22 heavy (non-hydrogen) atoms. The number of para-hydroxylation sites is 1. The molecule has 0 fully saturated rings. The molecule has 0 spiro atoms. The molecule has 110 valence electrons. The van der Waals surface area contributed by atoms with E-state index in [1.54, 1.807) is 24.3 Å². The van der Waals surface area contributed by atoms with E-state index >= 15 is 0 Å². The molecule has 0 aliphatic heterocycles. The van der Waals surface area contributed by atoms with Crippen LogP contribution in [0.15, 0.2) is 42.5 Å². The van der Waals surface area contributed by atoms with Gasteiger partial charge >= 0.3 is 0 Å². The molecule has 0 bridgehead atoms. The number of rotatable bonds is 3. The van der Waals surface area contributed by atoms with Crippen LogP contribution in [-0.2, 0) is 0 Å². The summed E-state index contributed by atoms with van der Waals surface area (Å²) < 4.78 is 19.2. The van der Waals surface area contributed by atoms with E-state index in [0.29, 0.717) is 21.5 Å². The van der Waals surface area contributed by atoms with Gasteiger partial charge in [0, 0.05) is 17.0 Å². The topological polar surface area (TPSA) is 66.2 Å². The van der Waals surface area contributed by atoms with Crippen molar-refractivity contribution in [2.75, 3.05) is 0 Å². The highest BCUT2D eigenvalue weighted by molar-refractivity contribution is 6.32. The number of hydrogen-bond acceptors (Lipinski definition) is 4. The summed E-state index contributed by atoms with van der Waals surface area (Å²) in [4.78, 5) is 3.91. The Kier molecular flexibility index (Phi) is 3.65. The van der Waals surface area contributed by atoms with Crippen molar-refractivity contribution in [3.63, 3.8) is 0 Å². The summed E-state index contributed by atoms with van der Waals surface area (Å²) in [6.07, 6.45) is 0.960. The zero-order chi connectivity index (χ0) is 15.7. The normalized spacial score (nSPS) is 10.6. The highest BCUT2D eigenvalue weighted by Gasteiger charge is 2.15. The number of nitrogens with zero attached hydrogens (tertiary/aromatic N) is 1. The largest absolute Gasteiger partial charge is 0.493 e. The van der Waals surface area contributed by atoms with Gasteiger partial charge in [0.15, 0.2) is 0 Å². The molecule has 1 aromatic heterocycles. The van der Waals surface area contributed by atoms with Crippen molar-refractivity contribution in [1.82, 2.24) is 4.98 Å². The molecule has 4 nitrogen and oxygen atoms in total. The molecule has 0 aliphatic rings. The number of aromatic hydroxyl groups is 1. The fraction of sp³-hybridized carbons (Fsp3) is 0. The third-order valence-electron chi connectivity index (χ3n) is 3.14. The predicted molar refractivity (Wildman–Crippen MR) is 82.8 cm³/mol. The average molecular weight is 317 g/mol. The summed E-state index contributed by atoms with van der Waals surface area (Å²) in [5.41, 5.74) is 0.196. The Labute approximate surface area is 130 Å². The zero-order valence-electron chi connectivity index (χ0n) is 11.2. The van der Waals surface area contributed by atoms with Crippen LogP contribution < -0.4 is 4.74 Å². The second-order valence-corrected chi connectivity index (χ2v) is 4.93. The van der Waals surface area contributed by atoms with Gasteiger partial charge in [-0.15, -0.1) is 0 Å². The van der Waals surface area contributed by atoms with E-state index in [1.807, 2.05) is 0 Å². The minimum Gasteiger partial charge on any atom is -0.493 e. The molecule has 0 aliphatic carbocycles. The number of ether oxygens (including phenoxy) is 1. The SMILES string of the molecule is N=Cc1c(O)nc(Oc2ccccc2Cl)c2cc(F)ccc12. The molecule has 2 N–H and O–H groups in total. The van der Waals surface area contributed by atoms with Crippen LogP contribution in [0.5, 0.6) is 17.5 Å². The first kappa shape index (κ1) is 14.3. The Hall–Kier alpha value is -2.66. The maximum Gasteiger partial charge on any atom is 0.230 e. The maximum atomic E-state index is 13.5. The Balaban J connectivity index is 2.23. The van der Waals surface area contributed by atoms with Gasteiger partial charge in [-0.05, 0) is 24.3 Å². The lowest BCUT2D eigenvalue weighted by Crippen LogP contribution is -1.95. The molecule has 0 radical (unpaired) electrons. The first-order valence-electron chi connectivity index (χ1n) is 6.35. The van der Waals surface area contributed by atoms with Crippen molar-refractivity contribution < 1.29 is 14.2 Å². The Morgan fingerprint density at radius 1 is 1.18 bits per heavy atom. The first-order valence-corrected chi connectivity index (χ1v) is 6.73. The molecule has 3 rings (SSSR count). The van der Waals surface area contributed by atoms with Crippen LogP contribution in [0.4, 0.5) is 4.39 Å². The average Bonchev–Trinajstić information content (AvgIpc) is 2.50. The summed E-state index contributed by atoms with van der Waals surface area (Å²) in [5, 5.41) is 18.5. The van der Waals surface area contributed by atoms with E-state index < -0.39 is 5.82 Å². The van der Waals surface area contributed by atoms with Crippen LogP contribution in [0.2, 0.25) is 5.02 Å². The lowest BCUT2D eigenvalue weighted by molar-refractivity contribution is 0.423. The van der Waals surface area contributed by atoms with Crippen molar-refractivity contribution >= 4 is 28.6 Å². The summed E-state index contributed by atoms with van der Waals surface area (Å²) in [6.45, 7) is 0. The van der Waals surface area contributed by atoms with Crippen molar-refractivity contribution in [3.05, 3.63) is 58.9 Å². The van der Waals surface area contributed by atoms with E-state index in [2.05, 4.69) is 4.98 Å². The Morgan fingerprint density at radius 3 is 2.68 bits per heavy atom. The molecule has 0 unspecified atom stereocenters. The van der Waals surface area contributed by atoms with Crippen LogP contribution in [0, 0.1) is 11.2 Å². The second-order valence-electron chi connectivity index (χ2n) is 4.52. The summed E-state index contributed by atoms with van der Waals surface area (Å²) in [5.74, 6) is -0.481. The Bertz CT molecular complexity index is 883. The molecule has 2 aromatic carbocycles. The van der Waals surface area contributed by atoms with E-state index in [9.17, 15) is 9.50 Å². The number of nitrogens with one attached hydrogen (secondary N) is 1. The Morgan fingerprint density at radius 2 is 1.95 bits per heavy atom. The summed E-state index contributed by atoms with van der Waals surface area (Å²) in [7, 11) is 0. The predicted octanol–water partition coefficient (Wildman–Crippen LogP) is 4.52. The van der Waals surface area contributed by atoms with Crippen LogP contribution in [-0.4, -0.2) is 16.3 Å². The van der Waals surface area contributed by atoms with Gasteiger partial charge in [-0.2, -0.15) is 4.98 Å². The molecular formula is C16H10ClFN2O2. The van der Waals surface area contributed by atoms with Gasteiger partial charge in [-0.3, -0.25) is 0 Å². The lowest BCUT2D eigenvalue weighted by Gasteiger charge is -2.12. The van der Waals surface area contributed by atoms with Crippen molar-refractivity contribution in [3.8, 4) is 17.5 Å². The van der Waals surface area contributed by atoms with Crippen LogP contribution in [0.3, 0.4) is 0 Å². The third-order valence-corrected chi connectivity index (χ3v) is 3.45. The molecule has 0 saturated carbocycles. The molecule has 3 aromatic rings. The quantitative estimate of drug-likeness (QED) is 0.698. The van der Waals surface area contributed by atoms with E-state index in [-0.39, 0.29) is 17.3 Å². The van der Waals surface area contributed by atoms with Crippen LogP contribution in [0.25, 0.3) is 10.8 Å². The highest BCUT2D eigenvalue weighted by atomic mass is 35.5. The first-order chi connectivity index (χ1) is 10.6. The third kappa shape index (κ3) is 2.46. The van der Waals surface area contributed by atoms with Gasteiger partial charge < -0.3 is 15.3 Å². The monoisotopic (exact) mass is 316 g/mol. The summed E-state index contributed by atoms with van der Waals surface area (Å²) >= 11 is 6.03. The van der Waals surface area contributed by atoms with Crippen LogP contribution >= 0.6 is 11.6 Å². The molecule has 0 saturated heterocycles. The fourth-order valence-corrected chi connectivity index (χ4v) is 2.29. The zero-order valence-corrected chi connectivity index (χ0v) is 11.9. The van der Waals surface area contributed by atoms with Gasteiger partial charge in [0.05, 0.1) is 10.6 Å². The minimum absolute atomic E-state index is 0.0192. The number of aromatic nitrogens is 1. The van der Waals surface area contributed by atoms with Crippen molar-refractivity contribution in [2.45, 2.75) is 0 Å². The molecular weight excluding hydrogens is 307 g/mol.